The van der Waals surface area contributed by atoms with Gasteiger partial charge < -0.3 is 4.74 Å². The molecule has 0 fully saturated rings. The summed E-state index contributed by atoms with van der Waals surface area (Å²) < 4.78 is 5.28. The molecule has 3 rings (SSSR count). The molecule has 1 aliphatic rings. The minimum Gasteiger partial charge on any atom is -0.467 e. The van der Waals surface area contributed by atoms with Gasteiger partial charge in [0.15, 0.2) is 5.54 Å². The Labute approximate surface area is 129 Å². The van der Waals surface area contributed by atoms with E-state index in [0.717, 1.165) is 11.3 Å². The monoisotopic (exact) mass is 295 g/mol. The summed E-state index contributed by atoms with van der Waals surface area (Å²) in [4.78, 5) is 17.3. The Morgan fingerprint density at radius 1 is 1.05 bits per heavy atom. The van der Waals surface area contributed by atoms with E-state index in [1.165, 1.54) is 12.1 Å². The fourth-order valence-electron chi connectivity index (χ4n) is 2.42. The van der Waals surface area contributed by atoms with Crippen molar-refractivity contribution in [1.29, 1.82) is 0 Å². The Morgan fingerprint density at radius 3 is 2.23 bits per heavy atom. The van der Waals surface area contributed by atoms with Gasteiger partial charge in [-0.05, 0) is 24.6 Å². The second kappa shape index (κ2) is 5.52. The van der Waals surface area contributed by atoms with E-state index in [-0.39, 0.29) is 11.9 Å². The standard InChI is InChI=1S/C17H17N3O2/c1-17(13-9-5-3-6-10-13)15(21)20(16(18-17)22-2)19-14-11-7-4-8-12-14/h3-12,19H,1-2H3/t17-/m0/s1. The lowest BCUT2D eigenvalue weighted by Crippen LogP contribution is -2.43. The number of anilines is 1. The number of rotatable bonds is 3. The molecule has 22 heavy (non-hydrogen) atoms. The van der Waals surface area contributed by atoms with Crippen molar-refractivity contribution >= 4 is 17.6 Å². The molecule has 1 aliphatic heterocycles. The molecule has 5 heteroatoms. The third kappa shape index (κ3) is 2.30. The van der Waals surface area contributed by atoms with Crippen LogP contribution in [0.5, 0.6) is 0 Å². The van der Waals surface area contributed by atoms with Crippen molar-refractivity contribution in [3.8, 4) is 0 Å². The molecule has 5 nitrogen and oxygen atoms in total. The third-order valence-corrected chi connectivity index (χ3v) is 3.66. The number of methoxy groups -OCH3 is 1. The highest BCUT2D eigenvalue weighted by Gasteiger charge is 2.47. The van der Waals surface area contributed by atoms with E-state index in [4.69, 9.17) is 4.74 Å². The summed E-state index contributed by atoms with van der Waals surface area (Å²) in [5, 5.41) is 1.35. The van der Waals surface area contributed by atoms with Gasteiger partial charge in [0.05, 0.1) is 12.8 Å². The van der Waals surface area contributed by atoms with Crippen LogP contribution in [-0.2, 0) is 15.1 Å². The molecule has 0 saturated carbocycles. The molecule has 2 aromatic rings. The Morgan fingerprint density at radius 2 is 1.64 bits per heavy atom. The van der Waals surface area contributed by atoms with E-state index in [9.17, 15) is 4.79 Å². The Hall–Kier alpha value is -2.82. The average molecular weight is 295 g/mol. The molecule has 1 heterocycles. The molecule has 2 aromatic carbocycles. The third-order valence-electron chi connectivity index (χ3n) is 3.66. The van der Waals surface area contributed by atoms with Crippen molar-refractivity contribution in [3.63, 3.8) is 0 Å². The molecule has 1 amide bonds. The number of nitrogens with zero attached hydrogens (tertiary/aromatic N) is 2. The lowest BCUT2D eigenvalue weighted by atomic mass is 9.92. The number of ether oxygens (including phenoxy) is 1. The van der Waals surface area contributed by atoms with E-state index in [1.54, 1.807) is 6.92 Å². The summed E-state index contributed by atoms with van der Waals surface area (Å²) in [6.45, 7) is 1.79. The number of amides is 1. The van der Waals surface area contributed by atoms with Crippen LogP contribution in [-0.4, -0.2) is 24.0 Å². The summed E-state index contributed by atoms with van der Waals surface area (Å²) in [6, 6.07) is 19.2. The van der Waals surface area contributed by atoms with Gasteiger partial charge in [0.25, 0.3) is 5.91 Å². The molecule has 1 atom stereocenters. The molecule has 112 valence electrons. The first kappa shape index (κ1) is 14.1. The number of aliphatic imine (C=N–C) groups is 1. The molecule has 0 spiro atoms. The molecule has 0 aromatic heterocycles. The minimum absolute atomic E-state index is 0.181. The number of nitrogens with one attached hydrogen (secondary N) is 1. The number of benzene rings is 2. The van der Waals surface area contributed by atoms with Crippen LogP contribution in [0.1, 0.15) is 12.5 Å². The van der Waals surface area contributed by atoms with Crippen LogP contribution < -0.4 is 5.43 Å². The SMILES string of the molecule is COC1=N[C@@](C)(c2ccccc2)C(=O)N1Nc1ccccc1. The predicted octanol–water partition coefficient (Wildman–Crippen LogP) is 2.77. The van der Waals surface area contributed by atoms with E-state index < -0.39 is 5.54 Å². The molecule has 0 bridgehead atoms. The van der Waals surface area contributed by atoms with Crippen LogP contribution >= 0.6 is 0 Å². The van der Waals surface area contributed by atoms with Gasteiger partial charge in [0, 0.05) is 0 Å². The number of carbonyl (C=O) groups excluding carboxylic acids is 1. The molecule has 0 radical (unpaired) electrons. The topological polar surface area (TPSA) is 53.9 Å². The van der Waals surface area contributed by atoms with Crippen molar-refractivity contribution in [2.45, 2.75) is 12.5 Å². The molecular formula is C17H17N3O2. The van der Waals surface area contributed by atoms with Crippen molar-refractivity contribution in [1.82, 2.24) is 5.01 Å². The zero-order chi connectivity index (χ0) is 15.6. The van der Waals surface area contributed by atoms with Gasteiger partial charge in [-0.2, -0.15) is 5.01 Å². The molecule has 0 unspecified atom stereocenters. The van der Waals surface area contributed by atoms with Gasteiger partial charge in [0.2, 0.25) is 0 Å². The average Bonchev–Trinajstić information content (AvgIpc) is 2.82. The highest BCUT2D eigenvalue weighted by atomic mass is 16.5. The first-order valence-electron chi connectivity index (χ1n) is 7.01. The quantitative estimate of drug-likeness (QED) is 0.947. The second-order valence-electron chi connectivity index (χ2n) is 5.16. The highest BCUT2D eigenvalue weighted by molar-refractivity contribution is 6.06. The normalized spacial score (nSPS) is 20.7. The van der Waals surface area contributed by atoms with Crippen LogP contribution in [0, 0.1) is 0 Å². The van der Waals surface area contributed by atoms with Crippen LogP contribution in [0.3, 0.4) is 0 Å². The van der Waals surface area contributed by atoms with Gasteiger partial charge in [-0.25, -0.2) is 4.99 Å². The lowest BCUT2D eigenvalue weighted by molar-refractivity contribution is -0.130. The number of para-hydroxylation sites is 1. The summed E-state index contributed by atoms with van der Waals surface area (Å²) in [6.07, 6.45) is 0. The van der Waals surface area contributed by atoms with Crippen LogP contribution in [0.4, 0.5) is 5.69 Å². The van der Waals surface area contributed by atoms with Crippen molar-refractivity contribution in [2.24, 2.45) is 4.99 Å². The maximum atomic E-state index is 12.9. The Bertz CT molecular complexity index is 700. The fraction of sp³-hybridized carbons (Fsp3) is 0.176. The minimum atomic E-state index is -0.992. The maximum absolute atomic E-state index is 12.9. The first-order chi connectivity index (χ1) is 10.6. The molecule has 0 saturated heterocycles. The van der Waals surface area contributed by atoms with Gasteiger partial charge in [-0.3, -0.25) is 10.2 Å². The van der Waals surface area contributed by atoms with E-state index in [1.807, 2.05) is 60.7 Å². The van der Waals surface area contributed by atoms with Gasteiger partial charge in [-0.15, -0.1) is 0 Å². The zero-order valence-electron chi connectivity index (χ0n) is 12.5. The van der Waals surface area contributed by atoms with Crippen LogP contribution in [0.25, 0.3) is 0 Å². The molecule has 1 N–H and O–H groups in total. The number of amidine groups is 1. The lowest BCUT2D eigenvalue weighted by Gasteiger charge is -2.23. The van der Waals surface area contributed by atoms with Gasteiger partial charge in [-0.1, -0.05) is 48.5 Å². The van der Waals surface area contributed by atoms with Crippen LogP contribution in [0.2, 0.25) is 0 Å². The number of hydrazine groups is 1. The summed E-state index contributed by atoms with van der Waals surface area (Å²) >= 11 is 0. The summed E-state index contributed by atoms with van der Waals surface area (Å²) in [7, 11) is 1.50. The Kier molecular flexibility index (Phi) is 3.55. The fourth-order valence-corrected chi connectivity index (χ4v) is 2.42. The van der Waals surface area contributed by atoms with Crippen molar-refractivity contribution in [2.75, 3.05) is 12.5 Å². The largest absolute Gasteiger partial charge is 0.467 e. The number of carbonyl (C=O) groups is 1. The number of hydrogen-bond acceptors (Lipinski definition) is 4. The van der Waals surface area contributed by atoms with Gasteiger partial charge in [0.1, 0.15) is 0 Å². The first-order valence-corrected chi connectivity index (χ1v) is 7.01. The van der Waals surface area contributed by atoms with Crippen LogP contribution in [0.15, 0.2) is 65.7 Å². The molecular weight excluding hydrogens is 278 g/mol. The van der Waals surface area contributed by atoms with Crippen molar-refractivity contribution in [3.05, 3.63) is 66.2 Å². The Balaban J connectivity index is 1.94. The van der Waals surface area contributed by atoms with E-state index in [0.29, 0.717) is 0 Å². The maximum Gasteiger partial charge on any atom is 0.315 e. The number of hydrogen-bond donors (Lipinski definition) is 1. The summed E-state index contributed by atoms with van der Waals surface area (Å²) in [5.74, 6) is -0.181. The van der Waals surface area contributed by atoms with Gasteiger partial charge >= 0.3 is 6.02 Å². The smallest absolute Gasteiger partial charge is 0.315 e. The molecule has 0 aliphatic carbocycles. The van der Waals surface area contributed by atoms with Crippen molar-refractivity contribution < 1.29 is 9.53 Å². The zero-order valence-corrected chi connectivity index (χ0v) is 12.5. The summed E-state index contributed by atoms with van der Waals surface area (Å²) in [5.41, 5.74) is 3.67. The van der Waals surface area contributed by atoms with E-state index >= 15 is 0 Å². The predicted molar refractivity (Wildman–Crippen MR) is 85.1 cm³/mol. The highest BCUT2D eigenvalue weighted by Crippen LogP contribution is 2.33. The van der Waals surface area contributed by atoms with E-state index in [2.05, 4.69) is 10.4 Å². The second-order valence-corrected chi connectivity index (χ2v) is 5.16.